The molecule has 7 nitrogen and oxygen atoms in total. The van der Waals surface area contributed by atoms with Crippen LogP contribution in [0.25, 0.3) is 33.4 Å². The van der Waals surface area contributed by atoms with Crippen LogP contribution in [-0.4, -0.2) is 25.8 Å². The highest BCUT2D eigenvalue weighted by atomic mass is 16.2. The number of anilines is 1. The third kappa shape index (κ3) is 4.51. The van der Waals surface area contributed by atoms with Gasteiger partial charge in [0.15, 0.2) is 11.5 Å². The number of pyridine rings is 2. The molecule has 1 saturated carbocycles. The van der Waals surface area contributed by atoms with E-state index in [0.717, 1.165) is 40.6 Å². The molecule has 1 aliphatic carbocycles. The first-order valence-corrected chi connectivity index (χ1v) is 12.4. The summed E-state index contributed by atoms with van der Waals surface area (Å²) >= 11 is 0. The molecule has 1 fully saturated rings. The fourth-order valence-electron chi connectivity index (χ4n) is 4.70. The van der Waals surface area contributed by atoms with Crippen LogP contribution in [0.15, 0.2) is 85.2 Å². The minimum Gasteiger partial charge on any atom is -0.382 e. The molecule has 2 aromatic carbocycles. The topological polar surface area (TPSA) is 107 Å². The van der Waals surface area contributed by atoms with E-state index in [1.807, 2.05) is 73.7 Å². The van der Waals surface area contributed by atoms with Gasteiger partial charge in [-0.3, -0.25) is 14.8 Å². The summed E-state index contributed by atoms with van der Waals surface area (Å²) < 4.78 is 0. The van der Waals surface area contributed by atoms with Crippen molar-refractivity contribution in [3.63, 3.8) is 0 Å². The second-order valence-corrected chi connectivity index (χ2v) is 9.38. The van der Waals surface area contributed by atoms with Gasteiger partial charge >= 0.3 is 0 Å². The summed E-state index contributed by atoms with van der Waals surface area (Å²) in [4.78, 5) is 31.9. The zero-order valence-electron chi connectivity index (χ0n) is 20.4. The molecular weight excluding hydrogens is 460 g/mol. The molecular formula is C30H26N6O. The van der Waals surface area contributed by atoms with Crippen molar-refractivity contribution < 1.29 is 4.79 Å². The Bertz CT molecular complexity index is 1610. The van der Waals surface area contributed by atoms with Crippen LogP contribution in [0.3, 0.4) is 0 Å². The molecule has 6 rings (SSSR count). The zero-order chi connectivity index (χ0) is 25.4. The summed E-state index contributed by atoms with van der Waals surface area (Å²) in [7, 11) is 0. The minimum atomic E-state index is -0.381. The van der Waals surface area contributed by atoms with Gasteiger partial charge in [-0.2, -0.15) is 0 Å². The number of carbonyl (C=O) groups excluding carboxylic acids is 1. The van der Waals surface area contributed by atoms with Crippen molar-refractivity contribution in [3.05, 3.63) is 102 Å². The predicted molar refractivity (Wildman–Crippen MR) is 145 cm³/mol. The first kappa shape index (κ1) is 22.8. The van der Waals surface area contributed by atoms with E-state index in [9.17, 15) is 4.79 Å². The van der Waals surface area contributed by atoms with E-state index in [1.54, 1.807) is 12.4 Å². The van der Waals surface area contributed by atoms with Crippen LogP contribution in [0, 0.1) is 0 Å². The molecule has 3 N–H and O–H groups in total. The average molecular weight is 487 g/mol. The van der Waals surface area contributed by atoms with Crippen molar-refractivity contribution in [1.82, 2.24) is 25.3 Å². The monoisotopic (exact) mass is 486 g/mol. The molecule has 0 spiro atoms. The van der Waals surface area contributed by atoms with Crippen LogP contribution < -0.4 is 11.1 Å². The van der Waals surface area contributed by atoms with Gasteiger partial charge < -0.3 is 11.1 Å². The normalized spacial score (nSPS) is 13.9. The highest BCUT2D eigenvalue weighted by Crippen LogP contribution is 2.42. The first-order chi connectivity index (χ1) is 18.1. The molecule has 1 aliphatic rings. The van der Waals surface area contributed by atoms with Gasteiger partial charge in [0.2, 0.25) is 0 Å². The number of nitrogens with two attached hydrogens (primary N) is 1. The van der Waals surface area contributed by atoms with Crippen molar-refractivity contribution >= 4 is 22.6 Å². The molecule has 0 bridgehead atoms. The van der Waals surface area contributed by atoms with Crippen molar-refractivity contribution in [3.8, 4) is 22.5 Å². The van der Waals surface area contributed by atoms with E-state index in [1.165, 1.54) is 5.56 Å². The van der Waals surface area contributed by atoms with E-state index >= 15 is 0 Å². The Morgan fingerprint density at radius 2 is 1.65 bits per heavy atom. The molecule has 3 aromatic heterocycles. The highest BCUT2D eigenvalue weighted by molar-refractivity contribution is 5.98. The van der Waals surface area contributed by atoms with Crippen molar-refractivity contribution in [2.45, 2.75) is 31.7 Å². The molecule has 0 aliphatic heterocycles. The Labute approximate surface area is 214 Å². The van der Waals surface area contributed by atoms with E-state index in [0.29, 0.717) is 17.3 Å². The molecule has 3 heterocycles. The highest BCUT2D eigenvalue weighted by Gasteiger charge is 2.29. The Kier molecular flexibility index (Phi) is 5.81. The Balaban J connectivity index is 1.41. The summed E-state index contributed by atoms with van der Waals surface area (Å²) in [6.45, 7) is 1.94. The third-order valence-electron chi connectivity index (χ3n) is 6.71. The maximum absolute atomic E-state index is 13.5. The van der Waals surface area contributed by atoms with Gasteiger partial charge in [-0.1, -0.05) is 48.5 Å². The number of hydrogen-bond acceptors (Lipinski definition) is 6. The van der Waals surface area contributed by atoms with E-state index in [4.69, 9.17) is 10.7 Å². The minimum absolute atomic E-state index is 0.0817. The lowest BCUT2D eigenvalue weighted by Gasteiger charge is -2.18. The summed E-state index contributed by atoms with van der Waals surface area (Å²) in [6.07, 6.45) is 5.84. The summed E-state index contributed by atoms with van der Waals surface area (Å²) in [5.41, 5.74) is 12.3. The van der Waals surface area contributed by atoms with Crippen LogP contribution in [0.5, 0.6) is 0 Å². The molecule has 37 heavy (non-hydrogen) atoms. The fourth-order valence-corrected chi connectivity index (χ4v) is 4.70. The van der Waals surface area contributed by atoms with E-state index in [2.05, 4.69) is 26.3 Å². The number of amides is 1. The first-order valence-electron chi connectivity index (χ1n) is 12.4. The lowest BCUT2D eigenvalue weighted by molar-refractivity contribution is 0.0934. The van der Waals surface area contributed by atoms with Crippen molar-refractivity contribution in [2.75, 3.05) is 5.73 Å². The molecule has 5 aromatic rings. The molecule has 182 valence electrons. The molecule has 0 saturated heterocycles. The van der Waals surface area contributed by atoms with Gasteiger partial charge in [0, 0.05) is 28.9 Å². The maximum atomic E-state index is 13.5. The van der Waals surface area contributed by atoms with Crippen molar-refractivity contribution in [2.24, 2.45) is 0 Å². The number of benzene rings is 2. The number of hydrogen-bond donors (Lipinski definition) is 2. The standard InChI is InChI=1S/C30H26N6O/c1-18(25-23(19-11-12-19)10-6-16-33-25)34-30(37)28-29(31)36-26(20-7-3-2-4-8-20)27(35-28)22-13-14-24-21(17-22)9-5-15-32-24/h2-10,13-19H,11-12H2,1H3,(H2,31,36)(H,34,37). The van der Waals surface area contributed by atoms with Gasteiger partial charge in [0.25, 0.3) is 5.91 Å². The second kappa shape index (κ2) is 9.43. The number of nitrogens with one attached hydrogen (secondary N) is 1. The maximum Gasteiger partial charge on any atom is 0.274 e. The number of aromatic nitrogens is 4. The van der Waals surface area contributed by atoms with Crippen LogP contribution in [0.4, 0.5) is 5.82 Å². The van der Waals surface area contributed by atoms with Gasteiger partial charge in [0.05, 0.1) is 28.6 Å². The SMILES string of the molecule is CC(NC(=O)c1nc(-c2ccc3ncccc3c2)c(-c2ccccc2)nc1N)c1ncccc1C1CC1. The Hall–Kier alpha value is -4.65. The average Bonchev–Trinajstić information content (AvgIpc) is 3.79. The molecule has 1 unspecified atom stereocenters. The number of fused-ring (bicyclic) bond motifs is 1. The van der Waals surface area contributed by atoms with Crippen LogP contribution >= 0.6 is 0 Å². The van der Waals surface area contributed by atoms with Crippen LogP contribution in [0.2, 0.25) is 0 Å². The second-order valence-electron chi connectivity index (χ2n) is 9.38. The zero-order valence-corrected chi connectivity index (χ0v) is 20.4. The van der Waals surface area contributed by atoms with Crippen molar-refractivity contribution in [1.29, 1.82) is 0 Å². The fraction of sp³-hybridized carbons (Fsp3) is 0.167. The van der Waals surface area contributed by atoms with E-state index < -0.39 is 0 Å². The van der Waals surface area contributed by atoms with Gasteiger partial charge in [0.1, 0.15) is 0 Å². The number of nitrogens with zero attached hydrogens (tertiary/aromatic N) is 4. The lowest BCUT2D eigenvalue weighted by atomic mass is 10.0. The van der Waals surface area contributed by atoms with Crippen LogP contribution in [0.1, 0.15) is 53.5 Å². The molecule has 7 heteroatoms. The molecule has 1 amide bonds. The Morgan fingerprint density at radius 1 is 0.892 bits per heavy atom. The number of nitrogen functional groups attached to an aromatic ring is 1. The Morgan fingerprint density at radius 3 is 2.46 bits per heavy atom. The summed E-state index contributed by atoms with van der Waals surface area (Å²) in [5, 5.41) is 4.02. The molecule has 1 atom stereocenters. The number of carbonyl (C=O) groups is 1. The van der Waals surface area contributed by atoms with E-state index in [-0.39, 0.29) is 23.5 Å². The largest absolute Gasteiger partial charge is 0.382 e. The summed E-state index contributed by atoms with van der Waals surface area (Å²) in [5.74, 6) is 0.221. The van der Waals surface area contributed by atoms with Gasteiger partial charge in [-0.05, 0) is 55.5 Å². The number of rotatable bonds is 6. The molecule has 0 radical (unpaired) electrons. The van der Waals surface area contributed by atoms with Gasteiger partial charge in [-0.25, -0.2) is 9.97 Å². The smallest absolute Gasteiger partial charge is 0.274 e. The third-order valence-corrected chi connectivity index (χ3v) is 6.71. The lowest BCUT2D eigenvalue weighted by Crippen LogP contribution is -2.30. The quantitative estimate of drug-likeness (QED) is 0.319. The van der Waals surface area contributed by atoms with Crippen LogP contribution in [-0.2, 0) is 0 Å². The van der Waals surface area contributed by atoms with Gasteiger partial charge in [-0.15, -0.1) is 0 Å². The summed E-state index contributed by atoms with van der Waals surface area (Å²) in [6, 6.07) is 23.3. The predicted octanol–water partition coefficient (Wildman–Crippen LogP) is 5.70.